The van der Waals surface area contributed by atoms with Crippen molar-refractivity contribution in [2.24, 2.45) is 5.92 Å². The van der Waals surface area contributed by atoms with Gasteiger partial charge in [0.05, 0.1) is 98.4 Å². The van der Waals surface area contributed by atoms with Crippen LogP contribution in [0.2, 0.25) is 0 Å². The maximum absolute atomic E-state index is 13.4. The highest BCUT2D eigenvalue weighted by molar-refractivity contribution is 5.96. The van der Waals surface area contributed by atoms with Crippen molar-refractivity contribution in [3.05, 3.63) is 0 Å². The van der Waals surface area contributed by atoms with Gasteiger partial charge in [0, 0.05) is 26.1 Å². The van der Waals surface area contributed by atoms with Crippen molar-refractivity contribution in [3.8, 4) is 0 Å². The number of likely N-dealkylation sites (tertiary alicyclic amines) is 1. The Kier molecular flexibility index (Phi) is 30.2. The molecule has 0 aromatic heterocycles. The highest BCUT2D eigenvalue weighted by Crippen LogP contribution is 2.21. The van der Waals surface area contributed by atoms with Crippen LogP contribution in [0.3, 0.4) is 0 Å². The second-order valence-electron chi connectivity index (χ2n) is 14.7. The van der Waals surface area contributed by atoms with Crippen LogP contribution < -0.4 is 37.2 Å². The van der Waals surface area contributed by atoms with Crippen LogP contribution in [0, 0.1) is 5.92 Å². The molecule has 24 heteroatoms. The van der Waals surface area contributed by atoms with Crippen LogP contribution in [-0.4, -0.2) is 206 Å². The zero-order valence-electron chi connectivity index (χ0n) is 37.2. The van der Waals surface area contributed by atoms with Gasteiger partial charge in [-0.2, -0.15) is 0 Å². The molecule has 0 unspecified atom stereocenters. The zero-order valence-corrected chi connectivity index (χ0v) is 37.2. The standard InChI is InChI=1S/C39H70N8O16/c1-26(2)23-29(40-4)38(56)47-12-6-7-30(47)36(54)45-28(8-9-33(51)52)35(53)46-34(27(3)48)37(55)44-25-32(50)43-24-31(49)41-10-13-59-15-17-61-19-21-63-22-20-62-18-16-60-14-11-42-39(57)58-5/h26-30,34,40,48H,6-25H2,1-5H3,(H,41,49)(H,42,57)(H,43,50)(H,44,55)(H,45,54)(H,46,53)(H,51,52)/t27-,28+,29+,30+,34+/m1/s1. The summed E-state index contributed by atoms with van der Waals surface area (Å²) in [5.74, 6) is -5.16. The first-order chi connectivity index (χ1) is 30.1. The molecule has 9 N–H and O–H groups in total. The van der Waals surface area contributed by atoms with Gasteiger partial charge in [-0.15, -0.1) is 0 Å². The van der Waals surface area contributed by atoms with Gasteiger partial charge < -0.3 is 80.8 Å². The summed E-state index contributed by atoms with van der Waals surface area (Å²) in [7, 11) is 2.94. The SMILES string of the molecule is CN[C@@H](CC(C)C)C(=O)N1CCC[C@H]1C(=O)N[C@@H](CCC(=O)O)C(=O)N[C@H](C(=O)NCC(=O)NCC(=O)NCCOCCOCCOCCOCCOCCNC(=O)OC)[C@@H](C)O. The molecule has 0 bridgehead atoms. The van der Waals surface area contributed by atoms with Crippen LogP contribution in [0.1, 0.15) is 52.9 Å². The molecule has 0 aromatic rings. The number of ether oxygens (including phenoxy) is 6. The van der Waals surface area contributed by atoms with E-state index in [9.17, 15) is 48.6 Å². The molecule has 5 atom stereocenters. The summed E-state index contributed by atoms with van der Waals surface area (Å²) < 4.78 is 31.3. The van der Waals surface area contributed by atoms with E-state index in [0.717, 1.165) is 0 Å². The first-order valence-electron chi connectivity index (χ1n) is 21.1. The van der Waals surface area contributed by atoms with Crippen LogP contribution in [-0.2, 0) is 62.0 Å². The van der Waals surface area contributed by atoms with Gasteiger partial charge in [-0.3, -0.25) is 33.6 Å². The average molecular weight is 907 g/mol. The number of hydrogen-bond acceptors (Lipinski definition) is 16. The number of rotatable bonds is 35. The second-order valence-corrected chi connectivity index (χ2v) is 14.7. The van der Waals surface area contributed by atoms with Gasteiger partial charge in [-0.25, -0.2) is 4.79 Å². The van der Waals surface area contributed by atoms with E-state index in [-0.39, 0.29) is 38.0 Å². The Labute approximate surface area is 368 Å². The molecule has 0 radical (unpaired) electrons. The van der Waals surface area contributed by atoms with Crippen LogP contribution in [0.5, 0.6) is 0 Å². The highest BCUT2D eigenvalue weighted by atomic mass is 16.6. The van der Waals surface area contributed by atoms with Gasteiger partial charge in [-0.05, 0) is 45.6 Å². The van der Waals surface area contributed by atoms with E-state index in [1.165, 1.54) is 18.9 Å². The second kappa shape index (κ2) is 33.8. The Morgan fingerprint density at radius 1 is 0.683 bits per heavy atom. The minimum absolute atomic E-state index is 0.153. The number of carboxylic acid groups (broad SMARTS) is 1. The third-order valence-corrected chi connectivity index (χ3v) is 9.16. The molecule has 362 valence electrons. The van der Waals surface area contributed by atoms with Gasteiger partial charge in [0.1, 0.15) is 18.1 Å². The van der Waals surface area contributed by atoms with Crippen molar-refractivity contribution in [2.75, 3.05) is 113 Å². The number of aliphatic carboxylic acids is 1. The third-order valence-electron chi connectivity index (χ3n) is 9.16. The summed E-state index contributed by atoms with van der Waals surface area (Å²) in [6, 6.07) is -4.46. The van der Waals surface area contributed by atoms with E-state index >= 15 is 0 Å². The van der Waals surface area contributed by atoms with E-state index in [1.54, 1.807) is 7.05 Å². The Morgan fingerprint density at radius 3 is 1.71 bits per heavy atom. The minimum atomic E-state index is -1.60. The van der Waals surface area contributed by atoms with Crippen LogP contribution in [0.15, 0.2) is 0 Å². The summed E-state index contributed by atoms with van der Waals surface area (Å²) in [5.41, 5.74) is 0. The van der Waals surface area contributed by atoms with Crippen molar-refractivity contribution in [2.45, 2.75) is 83.1 Å². The Morgan fingerprint density at radius 2 is 1.21 bits per heavy atom. The Bertz CT molecular complexity index is 1410. The van der Waals surface area contributed by atoms with Crippen LogP contribution in [0.4, 0.5) is 4.79 Å². The molecule has 0 aromatic carbocycles. The summed E-state index contributed by atoms with van der Waals surface area (Å²) in [4.78, 5) is 101. The van der Waals surface area contributed by atoms with Crippen LogP contribution in [0.25, 0.3) is 0 Å². The van der Waals surface area contributed by atoms with E-state index in [2.05, 4.69) is 42.0 Å². The van der Waals surface area contributed by atoms with Gasteiger partial charge >= 0.3 is 12.1 Å². The molecule has 7 amide bonds. The topological polar surface area (TPSA) is 320 Å². The number of carbonyl (C=O) groups is 8. The predicted octanol–water partition coefficient (Wildman–Crippen LogP) is -3.39. The molecule has 0 spiro atoms. The molecule has 0 saturated carbocycles. The van der Waals surface area contributed by atoms with Crippen molar-refractivity contribution in [1.29, 1.82) is 0 Å². The molecule has 1 fully saturated rings. The lowest BCUT2D eigenvalue weighted by Gasteiger charge is -2.30. The lowest BCUT2D eigenvalue weighted by molar-refractivity contribution is -0.142. The predicted molar refractivity (Wildman–Crippen MR) is 223 cm³/mol. The first kappa shape index (κ1) is 56.3. The van der Waals surface area contributed by atoms with E-state index in [4.69, 9.17) is 23.7 Å². The van der Waals surface area contributed by atoms with E-state index in [0.29, 0.717) is 85.2 Å². The van der Waals surface area contributed by atoms with E-state index < -0.39 is 91.4 Å². The zero-order chi connectivity index (χ0) is 47.0. The quantitative estimate of drug-likeness (QED) is 0.0280. The number of nitrogens with one attached hydrogen (secondary N) is 7. The minimum Gasteiger partial charge on any atom is -0.481 e. The Balaban J connectivity index is 2.35. The van der Waals surface area contributed by atoms with Crippen molar-refractivity contribution in [3.63, 3.8) is 0 Å². The summed E-state index contributed by atoms with van der Waals surface area (Å²) in [5, 5.41) is 37.1. The number of alkyl carbamates (subject to hydrolysis) is 1. The maximum atomic E-state index is 13.4. The average Bonchev–Trinajstić information content (AvgIpc) is 3.75. The summed E-state index contributed by atoms with van der Waals surface area (Å²) in [6.07, 6.45) is -1.45. The molecule has 1 aliphatic rings. The fraction of sp³-hybridized carbons (Fsp3) is 0.795. The molecule has 24 nitrogen and oxygen atoms in total. The smallest absolute Gasteiger partial charge is 0.406 e. The normalized spacial score (nSPS) is 15.4. The molecule has 1 rings (SSSR count). The number of methoxy groups -OCH3 is 1. The molecule has 1 heterocycles. The number of amides is 7. The number of carbonyl (C=O) groups excluding carboxylic acids is 7. The summed E-state index contributed by atoms with van der Waals surface area (Å²) >= 11 is 0. The van der Waals surface area contributed by atoms with Crippen molar-refractivity contribution in [1.82, 2.24) is 42.1 Å². The van der Waals surface area contributed by atoms with Gasteiger partial charge in [-0.1, -0.05) is 13.8 Å². The molecule has 0 aliphatic carbocycles. The number of aliphatic hydroxyl groups excluding tert-OH is 1. The first-order valence-corrected chi connectivity index (χ1v) is 21.1. The van der Waals surface area contributed by atoms with E-state index in [1.807, 2.05) is 13.8 Å². The molecule has 63 heavy (non-hydrogen) atoms. The molecule has 1 saturated heterocycles. The largest absolute Gasteiger partial charge is 0.481 e. The number of likely N-dealkylation sites (N-methyl/N-ethyl adjacent to an activating group) is 1. The fourth-order valence-electron chi connectivity index (χ4n) is 5.90. The van der Waals surface area contributed by atoms with Crippen molar-refractivity contribution >= 4 is 47.5 Å². The third kappa shape index (κ3) is 25.9. The molecule has 1 aliphatic heterocycles. The van der Waals surface area contributed by atoms with Crippen LogP contribution >= 0.6 is 0 Å². The lowest BCUT2D eigenvalue weighted by atomic mass is 10.0. The maximum Gasteiger partial charge on any atom is 0.406 e. The van der Waals surface area contributed by atoms with Gasteiger partial charge in [0.15, 0.2) is 0 Å². The summed E-state index contributed by atoms with van der Waals surface area (Å²) in [6.45, 7) is 8.29. The molecular weight excluding hydrogens is 836 g/mol. The number of hydrogen-bond donors (Lipinski definition) is 9. The Hall–Kier alpha value is -4.72. The van der Waals surface area contributed by atoms with Crippen molar-refractivity contribution < 1.29 is 77.0 Å². The lowest BCUT2D eigenvalue weighted by Crippen LogP contribution is -2.59. The number of aliphatic hydroxyl groups is 1. The van der Waals surface area contributed by atoms with Gasteiger partial charge in [0.25, 0.3) is 0 Å². The van der Waals surface area contributed by atoms with Gasteiger partial charge in [0.2, 0.25) is 35.4 Å². The fourth-order valence-corrected chi connectivity index (χ4v) is 5.90. The monoisotopic (exact) mass is 906 g/mol. The number of nitrogens with zero attached hydrogens (tertiary/aromatic N) is 1. The molecular formula is C39H70N8O16. The number of carboxylic acids is 1. The highest BCUT2D eigenvalue weighted by Gasteiger charge is 2.39.